The van der Waals surface area contributed by atoms with Crippen molar-refractivity contribution < 1.29 is 0 Å². The number of rotatable bonds is 6. The average molecular weight is 251 g/mol. The molecule has 17 heavy (non-hydrogen) atoms. The summed E-state index contributed by atoms with van der Waals surface area (Å²) < 4.78 is 10.5. The van der Waals surface area contributed by atoms with E-state index in [0.29, 0.717) is 0 Å². The second-order valence-electron chi connectivity index (χ2n) is 3.78. The van der Waals surface area contributed by atoms with Gasteiger partial charge in [0.1, 0.15) is 5.82 Å². The fourth-order valence-electron chi connectivity index (χ4n) is 1.85. The van der Waals surface area contributed by atoms with E-state index < -0.39 is 0 Å². The number of hydrogen-bond acceptors (Lipinski definition) is 5. The first-order valence-electron chi connectivity index (χ1n) is 5.86. The summed E-state index contributed by atoms with van der Waals surface area (Å²) in [5.74, 6) is 1.09. The third-order valence-electron chi connectivity index (χ3n) is 2.71. The van der Waals surface area contributed by atoms with Crippen LogP contribution in [0.25, 0.3) is 0 Å². The molecule has 0 spiro atoms. The summed E-state index contributed by atoms with van der Waals surface area (Å²) in [6.07, 6.45) is 6.54. The number of imidazole rings is 1. The summed E-state index contributed by atoms with van der Waals surface area (Å²) in [7, 11) is 0. The molecule has 0 aliphatic carbocycles. The van der Waals surface area contributed by atoms with Crippen molar-refractivity contribution in [2.75, 3.05) is 6.54 Å². The quantitative estimate of drug-likeness (QED) is 0.848. The van der Waals surface area contributed by atoms with Gasteiger partial charge in [-0.2, -0.15) is 8.75 Å². The number of aryl methyl sites for hydroxylation is 1. The number of aromatic nitrogens is 4. The Hall–Kier alpha value is -1.27. The van der Waals surface area contributed by atoms with Gasteiger partial charge in [0.2, 0.25) is 0 Å². The molecule has 2 aromatic heterocycles. The van der Waals surface area contributed by atoms with E-state index in [9.17, 15) is 0 Å². The SMILES string of the molecule is CCNC(Cc1nccn1CC)c1cnsn1. The van der Waals surface area contributed by atoms with Crippen LogP contribution in [0.1, 0.15) is 31.4 Å². The van der Waals surface area contributed by atoms with Crippen LogP contribution < -0.4 is 5.32 Å². The van der Waals surface area contributed by atoms with Crippen molar-refractivity contribution in [1.29, 1.82) is 0 Å². The van der Waals surface area contributed by atoms with Gasteiger partial charge in [0.15, 0.2) is 0 Å². The highest BCUT2D eigenvalue weighted by molar-refractivity contribution is 6.99. The summed E-state index contributed by atoms with van der Waals surface area (Å²) in [5.41, 5.74) is 1.00. The maximum Gasteiger partial charge on any atom is 0.110 e. The molecule has 1 unspecified atom stereocenters. The van der Waals surface area contributed by atoms with Crippen LogP contribution in [0.15, 0.2) is 18.6 Å². The van der Waals surface area contributed by atoms with E-state index in [0.717, 1.165) is 31.0 Å². The van der Waals surface area contributed by atoms with Crippen LogP contribution in [0, 0.1) is 0 Å². The van der Waals surface area contributed by atoms with Gasteiger partial charge in [0.25, 0.3) is 0 Å². The molecule has 0 radical (unpaired) electrons. The molecule has 0 saturated carbocycles. The van der Waals surface area contributed by atoms with Crippen LogP contribution in [0.4, 0.5) is 0 Å². The monoisotopic (exact) mass is 251 g/mol. The normalized spacial score (nSPS) is 12.8. The summed E-state index contributed by atoms with van der Waals surface area (Å²) in [4.78, 5) is 4.40. The number of nitrogens with one attached hydrogen (secondary N) is 1. The number of hydrogen-bond donors (Lipinski definition) is 1. The molecule has 0 saturated heterocycles. The van der Waals surface area contributed by atoms with Crippen molar-refractivity contribution in [3.63, 3.8) is 0 Å². The molecule has 0 aliphatic rings. The minimum Gasteiger partial charge on any atom is -0.335 e. The third kappa shape index (κ3) is 2.89. The first-order chi connectivity index (χ1) is 8.35. The Bertz CT molecular complexity index is 436. The van der Waals surface area contributed by atoms with Crippen LogP contribution >= 0.6 is 11.7 Å². The average Bonchev–Trinajstić information content (AvgIpc) is 2.99. The molecular weight excluding hydrogens is 234 g/mol. The van der Waals surface area contributed by atoms with Crippen molar-refractivity contribution in [2.45, 2.75) is 32.9 Å². The predicted molar refractivity (Wildman–Crippen MR) is 67.9 cm³/mol. The fourth-order valence-corrected chi connectivity index (χ4v) is 2.32. The second kappa shape index (κ2) is 5.88. The molecule has 0 amide bonds. The second-order valence-corrected chi connectivity index (χ2v) is 4.33. The van der Waals surface area contributed by atoms with Gasteiger partial charge >= 0.3 is 0 Å². The highest BCUT2D eigenvalue weighted by Crippen LogP contribution is 2.16. The smallest absolute Gasteiger partial charge is 0.110 e. The van der Waals surface area contributed by atoms with E-state index >= 15 is 0 Å². The highest BCUT2D eigenvalue weighted by atomic mass is 32.1. The Balaban J connectivity index is 2.13. The van der Waals surface area contributed by atoms with Gasteiger partial charge in [-0.15, -0.1) is 0 Å². The molecule has 0 aliphatic heterocycles. The Morgan fingerprint density at radius 2 is 2.35 bits per heavy atom. The predicted octanol–water partition coefficient (Wildman–Crippen LogP) is 1.65. The first kappa shape index (κ1) is 12.2. The van der Waals surface area contributed by atoms with Gasteiger partial charge in [-0.3, -0.25) is 0 Å². The number of nitrogens with zero attached hydrogens (tertiary/aromatic N) is 4. The standard InChI is InChI=1S/C11H17N5S/c1-3-12-9(10-8-14-17-15-10)7-11-13-5-6-16(11)4-2/h5-6,8-9,12H,3-4,7H2,1-2H3. The Morgan fingerprint density at radius 3 is 3.00 bits per heavy atom. The lowest BCUT2D eigenvalue weighted by atomic mass is 10.1. The molecule has 0 fully saturated rings. The van der Waals surface area contributed by atoms with Crippen molar-refractivity contribution in [2.24, 2.45) is 0 Å². The first-order valence-corrected chi connectivity index (χ1v) is 6.59. The minimum atomic E-state index is 0.200. The molecule has 6 heteroatoms. The van der Waals surface area contributed by atoms with Gasteiger partial charge in [0.05, 0.1) is 29.7 Å². The molecule has 92 valence electrons. The van der Waals surface area contributed by atoms with E-state index in [1.165, 1.54) is 11.7 Å². The molecule has 1 atom stereocenters. The topological polar surface area (TPSA) is 55.6 Å². The molecule has 1 N–H and O–H groups in total. The van der Waals surface area contributed by atoms with Crippen molar-refractivity contribution >= 4 is 11.7 Å². The van der Waals surface area contributed by atoms with Crippen LogP contribution in [0.2, 0.25) is 0 Å². The zero-order chi connectivity index (χ0) is 12.1. The molecule has 0 aromatic carbocycles. The Kier molecular flexibility index (Phi) is 4.22. The highest BCUT2D eigenvalue weighted by Gasteiger charge is 2.16. The largest absolute Gasteiger partial charge is 0.335 e. The lowest BCUT2D eigenvalue weighted by Gasteiger charge is -2.15. The van der Waals surface area contributed by atoms with Crippen molar-refractivity contribution in [3.05, 3.63) is 30.1 Å². The molecule has 0 bridgehead atoms. The molecule has 5 nitrogen and oxygen atoms in total. The lowest BCUT2D eigenvalue weighted by molar-refractivity contribution is 0.514. The fraction of sp³-hybridized carbons (Fsp3) is 0.545. The molecule has 2 rings (SSSR count). The van der Waals surface area contributed by atoms with Gasteiger partial charge < -0.3 is 9.88 Å². The van der Waals surface area contributed by atoms with Crippen LogP contribution in [0.3, 0.4) is 0 Å². The van der Waals surface area contributed by atoms with E-state index in [-0.39, 0.29) is 6.04 Å². The van der Waals surface area contributed by atoms with Gasteiger partial charge in [-0.05, 0) is 13.5 Å². The van der Waals surface area contributed by atoms with Gasteiger partial charge in [-0.25, -0.2) is 4.98 Å². The van der Waals surface area contributed by atoms with E-state index in [1.54, 1.807) is 0 Å². The van der Waals surface area contributed by atoms with Gasteiger partial charge in [0, 0.05) is 25.4 Å². The number of likely N-dealkylation sites (N-methyl/N-ethyl adjacent to an activating group) is 1. The van der Waals surface area contributed by atoms with Gasteiger partial charge in [-0.1, -0.05) is 6.92 Å². The molecule has 2 heterocycles. The van der Waals surface area contributed by atoms with E-state index in [4.69, 9.17) is 0 Å². The molecule has 2 aromatic rings. The summed E-state index contributed by atoms with van der Waals surface area (Å²) in [6.45, 7) is 6.08. The zero-order valence-corrected chi connectivity index (χ0v) is 10.9. The summed E-state index contributed by atoms with van der Waals surface area (Å²) >= 11 is 1.25. The molecular formula is C11H17N5S. The Morgan fingerprint density at radius 1 is 1.47 bits per heavy atom. The maximum atomic E-state index is 4.40. The van der Waals surface area contributed by atoms with Crippen molar-refractivity contribution in [1.82, 2.24) is 23.6 Å². The van der Waals surface area contributed by atoms with Crippen LogP contribution in [-0.2, 0) is 13.0 Å². The maximum absolute atomic E-state index is 4.40. The third-order valence-corrected chi connectivity index (χ3v) is 3.21. The lowest BCUT2D eigenvalue weighted by Crippen LogP contribution is -2.24. The van der Waals surface area contributed by atoms with Crippen molar-refractivity contribution in [3.8, 4) is 0 Å². The zero-order valence-electron chi connectivity index (χ0n) is 10.1. The minimum absolute atomic E-state index is 0.200. The summed E-state index contributed by atoms with van der Waals surface area (Å²) in [5, 5.41) is 3.43. The summed E-state index contributed by atoms with van der Waals surface area (Å²) in [6, 6.07) is 0.200. The van der Waals surface area contributed by atoms with Crippen LogP contribution in [-0.4, -0.2) is 24.8 Å². The van der Waals surface area contributed by atoms with E-state index in [1.807, 2.05) is 18.6 Å². The Labute approximate surface area is 105 Å². The van der Waals surface area contributed by atoms with E-state index in [2.05, 4.69) is 37.5 Å². The van der Waals surface area contributed by atoms with Crippen LogP contribution in [0.5, 0.6) is 0 Å².